The third kappa shape index (κ3) is 1.54. The number of hydrogen-bond acceptors (Lipinski definition) is 2. The Morgan fingerprint density at radius 3 is 2.73 bits per heavy atom. The quantitative estimate of drug-likeness (QED) is 0.791. The highest BCUT2D eigenvalue weighted by Crippen LogP contribution is 2.33. The van der Waals surface area contributed by atoms with E-state index in [0.717, 1.165) is 16.6 Å². The van der Waals surface area contributed by atoms with E-state index < -0.39 is 0 Å². The average molecular weight is 205 g/mol. The molecule has 0 amide bonds. The molecule has 3 nitrogen and oxygen atoms in total. The highest BCUT2D eigenvalue weighted by Gasteiger charge is 2.09. The minimum Gasteiger partial charge on any atom is -0.504 e. The zero-order valence-corrected chi connectivity index (χ0v) is 9.22. The first-order valence-corrected chi connectivity index (χ1v) is 5.08. The van der Waals surface area contributed by atoms with Gasteiger partial charge in [0.15, 0.2) is 11.5 Å². The molecular formula is C12H15NO2. The SMILES string of the molecule is CCOc1cc2[nH]c(C)c(C)c2cc1O. The molecule has 0 fully saturated rings. The van der Waals surface area contributed by atoms with Crippen molar-refractivity contribution < 1.29 is 9.84 Å². The lowest BCUT2D eigenvalue weighted by molar-refractivity contribution is 0.319. The van der Waals surface area contributed by atoms with E-state index in [1.807, 2.05) is 26.8 Å². The van der Waals surface area contributed by atoms with E-state index in [1.54, 1.807) is 6.07 Å². The van der Waals surface area contributed by atoms with Crippen LogP contribution in [-0.2, 0) is 0 Å². The summed E-state index contributed by atoms with van der Waals surface area (Å²) in [4.78, 5) is 3.26. The van der Waals surface area contributed by atoms with Crippen LogP contribution in [0.4, 0.5) is 0 Å². The molecule has 2 rings (SSSR count). The zero-order chi connectivity index (χ0) is 11.0. The molecule has 0 unspecified atom stereocenters. The number of phenols is 1. The van der Waals surface area contributed by atoms with Gasteiger partial charge in [-0.2, -0.15) is 0 Å². The molecule has 3 heteroatoms. The number of rotatable bonds is 2. The smallest absolute Gasteiger partial charge is 0.163 e. The second-order valence-electron chi connectivity index (χ2n) is 3.67. The summed E-state index contributed by atoms with van der Waals surface area (Å²) < 4.78 is 5.32. The molecule has 0 saturated heterocycles. The Hall–Kier alpha value is -1.64. The number of hydrogen-bond donors (Lipinski definition) is 2. The lowest BCUT2D eigenvalue weighted by Gasteiger charge is -2.05. The van der Waals surface area contributed by atoms with Crippen LogP contribution in [0.15, 0.2) is 12.1 Å². The predicted octanol–water partition coefficient (Wildman–Crippen LogP) is 2.89. The summed E-state index contributed by atoms with van der Waals surface area (Å²) in [6.07, 6.45) is 0. The highest BCUT2D eigenvalue weighted by atomic mass is 16.5. The Balaban J connectivity index is 2.65. The van der Waals surface area contributed by atoms with Crippen LogP contribution in [-0.4, -0.2) is 16.7 Å². The number of aryl methyl sites for hydroxylation is 2. The lowest BCUT2D eigenvalue weighted by Crippen LogP contribution is -1.91. The van der Waals surface area contributed by atoms with Gasteiger partial charge < -0.3 is 14.8 Å². The van der Waals surface area contributed by atoms with Crippen molar-refractivity contribution in [1.29, 1.82) is 0 Å². The number of benzene rings is 1. The first kappa shape index (κ1) is 9.90. The maximum absolute atomic E-state index is 9.73. The zero-order valence-electron chi connectivity index (χ0n) is 9.22. The summed E-state index contributed by atoms with van der Waals surface area (Å²) in [6, 6.07) is 3.59. The van der Waals surface area contributed by atoms with Gasteiger partial charge in [0.05, 0.1) is 6.61 Å². The van der Waals surface area contributed by atoms with Crippen molar-refractivity contribution >= 4 is 10.9 Å². The average Bonchev–Trinajstić information content (AvgIpc) is 2.46. The third-order valence-corrected chi connectivity index (χ3v) is 2.69. The number of fused-ring (bicyclic) bond motifs is 1. The van der Waals surface area contributed by atoms with Crippen molar-refractivity contribution in [3.63, 3.8) is 0 Å². The van der Waals surface area contributed by atoms with Crippen LogP contribution < -0.4 is 4.74 Å². The molecule has 0 bridgehead atoms. The van der Waals surface area contributed by atoms with E-state index in [4.69, 9.17) is 4.74 Å². The molecule has 0 aliphatic heterocycles. The summed E-state index contributed by atoms with van der Waals surface area (Å²) in [6.45, 7) is 6.51. The van der Waals surface area contributed by atoms with E-state index in [9.17, 15) is 5.11 Å². The third-order valence-electron chi connectivity index (χ3n) is 2.69. The summed E-state index contributed by atoms with van der Waals surface area (Å²) in [5.74, 6) is 0.734. The van der Waals surface area contributed by atoms with E-state index in [1.165, 1.54) is 5.56 Å². The second kappa shape index (κ2) is 3.50. The van der Waals surface area contributed by atoms with E-state index in [0.29, 0.717) is 12.4 Å². The van der Waals surface area contributed by atoms with Gasteiger partial charge in [-0.25, -0.2) is 0 Å². The predicted molar refractivity (Wildman–Crippen MR) is 60.6 cm³/mol. The summed E-state index contributed by atoms with van der Waals surface area (Å²) in [5, 5.41) is 10.8. The first-order valence-electron chi connectivity index (χ1n) is 5.08. The molecule has 80 valence electrons. The van der Waals surface area contributed by atoms with Gasteiger partial charge in [0, 0.05) is 22.7 Å². The van der Waals surface area contributed by atoms with Gasteiger partial charge in [0.1, 0.15) is 0 Å². The summed E-state index contributed by atoms with van der Waals surface area (Å²) in [7, 11) is 0. The van der Waals surface area contributed by atoms with Crippen LogP contribution in [0.2, 0.25) is 0 Å². The highest BCUT2D eigenvalue weighted by molar-refractivity contribution is 5.87. The largest absolute Gasteiger partial charge is 0.504 e. The van der Waals surface area contributed by atoms with Crippen molar-refractivity contribution in [2.75, 3.05) is 6.61 Å². The molecule has 2 N–H and O–H groups in total. The van der Waals surface area contributed by atoms with Gasteiger partial charge in [-0.3, -0.25) is 0 Å². The van der Waals surface area contributed by atoms with Crippen LogP contribution in [0.1, 0.15) is 18.2 Å². The summed E-state index contributed by atoms with van der Waals surface area (Å²) in [5.41, 5.74) is 3.30. The first-order chi connectivity index (χ1) is 7.13. The molecule has 15 heavy (non-hydrogen) atoms. The standard InChI is InChI=1S/C12H15NO2/c1-4-15-12-6-10-9(5-11(12)14)7(2)8(3)13-10/h5-6,13-14H,4H2,1-3H3. The maximum Gasteiger partial charge on any atom is 0.163 e. The Kier molecular flexibility index (Phi) is 2.31. The molecule has 1 aromatic heterocycles. The van der Waals surface area contributed by atoms with Crippen LogP contribution in [0.5, 0.6) is 11.5 Å². The Morgan fingerprint density at radius 1 is 1.33 bits per heavy atom. The van der Waals surface area contributed by atoms with Crippen molar-refractivity contribution in [3.05, 3.63) is 23.4 Å². The molecule has 0 aliphatic rings. The Morgan fingerprint density at radius 2 is 2.07 bits per heavy atom. The molecule has 1 aromatic carbocycles. The van der Waals surface area contributed by atoms with E-state index in [-0.39, 0.29) is 5.75 Å². The van der Waals surface area contributed by atoms with Crippen LogP contribution >= 0.6 is 0 Å². The number of aromatic amines is 1. The van der Waals surface area contributed by atoms with E-state index in [2.05, 4.69) is 4.98 Å². The minimum absolute atomic E-state index is 0.200. The summed E-state index contributed by atoms with van der Waals surface area (Å²) >= 11 is 0. The minimum atomic E-state index is 0.200. The van der Waals surface area contributed by atoms with Gasteiger partial charge in [0.25, 0.3) is 0 Å². The van der Waals surface area contributed by atoms with Gasteiger partial charge in [-0.05, 0) is 32.4 Å². The van der Waals surface area contributed by atoms with Crippen LogP contribution in [0.3, 0.4) is 0 Å². The molecule has 0 atom stereocenters. The maximum atomic E-state index is 9.73. The molecule has 0 spiro atoms. The van der Waals surface area contributed by atoms with Gasteiger partial charge >= 0.3 is 0 Å². The van der Waals surface area contributed by atoms with Gasteiger partial charge in [-0.15, -0.1) is 0 Å². The van der Waals surface area contributed by atoms with Gasteiger partial charge in [0.2, 0.25) is 0 Å². The van der Waals surface area contributed by atoms with Crippen LogP contribution in [0.25, 0.3) is 10.9 Å². The number of aromatic nitrogens is 1. The van der Waals surface area contributed by atoms with Gasteiger partial charge in [-0.1, -0.05) is 0 Å². The number of phenolic OH excluding ortho intramolecular Hbond substituents is 1. The monoisotopic (exact) mass is 205 g/mol. The second-order valence-corrected chi connectivity index (χ2v) is 3.67. The Labute approximate surface area is 88.7 Å². The topological polar surface area (TPSA) is 45.2 Å². The molecule has 0 aliphatic carbocycles. The fourth-order valence-corrected chi connectivity index (χ4v) is 1.75. The molecule has 2 aromatic rings. The molecular weight excluding hydrogens is 190 g/mol. The number of nitrogens with one attached hydrogen (secondary N) is 1. The molecule has 0 radical (unpaired) electrons. The lowest BCUT2D eigenvalue weighted by atomic mass is 10.1. The van der Waals surface area contributed by atoms with E-state index >= 15 is 0 Å². The molecule has 1 heterocycles. The van der Waals surface area contributed by atoms with Crippen molar-refractivity contribution in [2.45, 2.75) is 20.8 Å². The van der Waals surface area contributed by atoms with Crippen LogP contribution in [0, 0.1) is 13.8 Å². The molecule has 0 saturated carbocycles. The Bertz CT molecular complexity index is 500. The number of ether oxygens (including phenoxy) is 1. The fraction of sp³-hybridized carbons (Fsp3) is 0.333. The van der Waals surface area contributed by atoms with Crippen molar-refractivity contribution in [1.82, 2.24) is 4.98 Å². The van der Waals surface area contributed by atoms with Crippen molar-refractivity contribution in [2.24, 2.45) is 0 Å². The van der Waals surface area contributed by atoms with Crippen molar-refractivity contribution in [3.8, 4) is 11.5 Å². The fourth-order valence-electron chi connectivity index (χ4n) is 1.75. The number of aromatic hydroxyl groups is 1. The normalized spacial score (nSPS) is 10.9. The number of H-pyrrole nitrogens is 1.